The predicted molar refractivity (Wildman–Crippen MR) is 109 cm³/mol. The average molecular weight is 411 g/mol. The number of carbonyl (C=O) groups is 2. The standard InChI is InChI=1S/C19H30N4O4S/c1-14(2)17(21-19(25)20-15-8-6-5-7-9-15)18(24)23-12-10-16(11-13-23)22(3)28(4,26)27/h5-9,14,16-17H,10-13H2,1-4H3,(H2,20,21,25). The van der Waals surface area contributed by atoms with E-state index in [4.69, 9.17) is 0 Å². The third kappa shape index (κ3) is 5.93. The minimum Gasteiger partial charge on any atom is -0.341 e. The van der Waals surface area contributed by atoms with Gasteiger partial charge in [0.05, 0.1) is 6.26 Å². The molecule has 1 aromatic rings. The Morgan fingerprint density at radius 3 is 2.21 bits per heavy atom. The summed E-state index contributed by atoms with van der Waals surface area (Å²) >= 11 is 0. The van der Waals surface area contributed by atoms with Crippen LogP contribution in [0.5, 0.6) is 0 Å². The predicted octanol–water partition coefficient (Wildman–Crippen LogP) is 1.72. The van der Waals surface area contributed by atoms with Crippen LogP contribution in [0.3, 0.4) is 0 Å². The molecule has 1 heterocycles. The van der Waals surface area contributed by atoms with Crippen molar-refractivity contribution < 1.29 is 18.0 Å². The molecule has 2 rings (SSSR count). The highest BCUT2D eigenvalue weighted by atomic mass is 32.2. The molecule has 8 nitrogen and oxygen atoms in total. The van der Waals surface area contributed by atoms with Gasteiger partial charge >= 0.3 is 6.03 Å². The molecule has 1 atom stereocenters. The molecule has 1 aliphatic rings. The number of urea groups is 1. The van der Waals surface area contributed by atoms with Gasteiger partial charge in [-0.05, 0) is 30.9 Å². The van der Waals surface area contributed by atoms with Gasteiger partial charge in [-0.3, -0.25) is 4.79 Å². The summed E-state index contributed by atoms with van der Waals surface area (Å²) in [5, 5.41) is 5.50. The van der Waals surface area contributed by atoms with Gasteiger partial charge < -0.3 is 15.5 Å². The Kier molecular flexibility index (Phi) is 7.42. The number of hydrogen-bond acceptors (Lipinski definition) is 4. The molecule has 1 aromatic carbocycles. The summed E-state index contributed by atoms with van der Waals surface area (Å²) in [6.07, 6.45) is 2.35. The monoisotopic (exact) mass is 410 g/mol. The fourth-order valence-corrected chi connectivity index (χ4v) is 4.01. The van der Waals surface area contributed by atoms with E-state index in [0.29, 0.717) is 31.6 Å². The lowest BCUT2D eigenvalue weighted by Gasteiger charge is -2.37. The quantitative estimate of drug-likeness (QED) is 0.746. The zero-order chi connectivity index (χ0) is 20.9. The fourth-order valence-electron chi connectivity index (χ4n) is 3.26. The summed E-state index contributed by atoms with van der Waals surface area (Å²) in [6.45, 7) is 4.70. The molecule has 1 saturated heterocycles. The number of piperidine rings is 1. The molecular formula is C19H30N4O4S. The minimum absolute atomic E-state index is 0.0783. The molecule has 28 heavy (non-hydrogen) atoms. The molecule has 0 aromatic heterocycles. The van der Waals surface area contributed by atoms with Crippen LogP contribution in [-0.2, 0) is 14.8 Å². The average Bonchev–Trinajstić information content (AvgIpc) is 2.65. The SMILES string of the molecule is CC(C)C(NC(=O)Nc1ccccc1)C(=O)N1CCC(N(C)S(C)(=O)=O)CC1. The van der Waals surface area contributed by atoms with Crippen LogP contribution in [0.4, 0.5) is 10.5 Å². The molecule has 0 bridgehead atoms. The van der Waals surface area contributed by atoms with Crippen LogP contribution in [0.2, 0.25) is 0 Å². The number of hydrogen-bond donors (Lipinski definition) is 2. The molecule has 156 valence electrons. The Morgan fingerprint density at radius 1 is 1.14 bits per heavy atom. The van der Waals surface area contributed by atoms with Crippen molar-refractivity contribution in [3.8, 4) is 0 Å². The van der Waals surface area contributed by atoms with Crippen molar-refractivity contribution in [3.05, 3.63) is 30.3 Å². The second kappa shape index (κ2) is 9.38. The van der Waals surface area contributed by atoms with Crippen molar-refractivity contribution in [1.29, 1.82) is 0 Å². The second-order valence-electron chi connectivity index (χ2n) is 7.52. The van der Waals surface area contributed by atoms with Crippen molar-refractivity contribution >= 4 is 27.6 Å². The van der Waals surface area contributed by atoms with Crippen LogP contribution in [0.15, 0.2) is 30.3 Å². The Balaban J connectivity index is 1.95. The number of benzene rings is 1. The molecule has 2 N–H and O–H groups in total. The maximum Gasteiger partial charge on any atom is 0.319 e. The highest BCUT2D eigenvalue weighted by Crippen LogP contribution is 2.19. The molecule has 1 fully saturated rings. The number of nitrogens with zero attached hydrogens (tertiary/aromatic N) is 2. The normalized spacial score (nSPS) is 16.9. The van der Waals surface area contributed by atoms with Crippen LogP contribution in [0.25, 0.3) is 0 Å². The number of nitrogens with one attached hydrogen (secondary N) is 2. The van der Waals surface area contributed by atoms with Crippen LogP contribution in [0, 0.1) is 5.92 Å². The highest BCUT2D eigenvalue weighted by molar-refractivity contribution is 7.88. The van der Waals surface area contributed by atoms with Crippen LogP contribution in [-0.4, -0.2) is 68.0 Å². The van der Waals surface area contributed by atoms with Gasteiger partial charge in [-0.2, -0.15) is 0 Å². The summed E-state index contributed by atoms with van der Waals surface area (Å²) in [4.78, 5) is 27.0. The minimum atomic E-state index is -3.25. The lowest BCUT2D eigenvalue weighted by molar-refractivity contribution is -0.135. The zero-order valence-electron chi connectivity index (χ0n) is 16.9. The van der Waals surface area contributed by atoms with E-state index in [1.165, 1.54) is 10.6 Å². The van der Waals surface area contributed by atoms with Crippen molar-refractivity contribution in [2.24, 2.45) is 5.92 Å². The number of carbonyl (C=O) groups excluding carboxylic acids is 2. The highest BCUT2D eigenvalue weighted by Gasteiger charge is 2.33. The van der Waals surface area contributed by atoms with Gasteiger partial charge in [0, 0.05) is 31.9 Å². The summed E-state index contributed by atoms with van der Waals surface area (Å²) in [5.41, 5.74) is 0.652. The molecule has 0 spiro atoms. The summed E-state index contributed by atoms with van der Waals surface area (Å²) in [5.74, 6) is -0.218. The van der Waals surface area contributed by atoms with Gasteiger partial charge in [-0.25, -0.2) is 17.5 Å². The van der Waals surface area contributed by atoms with Crippen LogP contribution >= 0.6 is 0 Å². The van der Waals surface area contributed by atoms with E-state index in [9.17, 15) is 18.0 Å². The zero-order valence-corrected chi connectivity index (χ0v) is 17.7. The summed E-state index contributed by atoms with van der Waals surface area (Å²) in [6, 6.07) is 7.86. The van der Waals surface area contributed by atoms with Crippen molar-refractivity contribution in [1.82, 2.24) is 14.5 Å². The second-order valence-corrected chi connectivity index (χ2v) is 9.56. The topological polar surface area (TPSA) is 98.8 Å². The van der Waals surface area contributed by atoms with Gasteiger partial charge in [-0.15, -0.1) is 0 Å². The lowest BCUT2D eigenvalue weighted by atomic mass is 9.99. The van der Waals surface area contributed by atoms with Gasteiger partial charge in [0.15, 0.2) is 0 Å². The maximum atomic E-state index is 13.0. The number of para-hydroxylation sites is 1. The number of likely N-dealkylation sites (tertiary alicyclic amines) is 1. The van der Waals surface area contributed by atoms with Gasteiger partial charge in [-0.1, -0.05) is 32.0 Å². The summed E-state index contributed by atoms with van der Waals surface area (Å²) < 4.78 is 24.8. The first-order valence-electron chi connectivity index (χ1n) is 9.44. The molecule has 0 aliphatic carbocycles. The molecule has 1 aliphatic heterocycles. The Morgan fingerprint density at radius 2 is 1.71 bits per heavy atom. The molecule has 0 radical (unpaired) electrons. The Labute approximate surface area is 167 Å². The molecule has 0 saturated carbocycles. The summed E-state index contributed by atoms with van der Waals surface area (Å²) in [7, 11) is -1.68. The van der Waals surface area contributed by atoms with Gasteiger partial charge in [0.1, 0.15) is 6.04 Å². The number of anilines is 1. The maximum absolute atomic E-state index is 13.0. The van der Waals surface area contributed by atoms with Crippen LogP contribution in [0.1, 0.15) is 26.7 Å². The van der Waals surface area contributed by atoms with E-state index in [0.717, 1.165) is 0 Å². The van der Waals surface area contributed by atoms with E-state index < -0.39 is 22.1 Å². The van der Waals surface area contributed by atoms with E-state index in [2.05, 4.69) is 10.6 Å². The van der Waals surface area contributed by atoms with E-state index in [-0.39, 0.29) is 17.9 Å². The van der Waals surface area contributed by atoms with Crippen molar-refractivity contribution in [2.75, 3.05) is 31.7 Å². The van der Waals surface area contributed by atoms with Gasteiger partial charge in [0.2, 0.25) is 15.9 Å². The van der Waals surface area contributed by atoms with E-state index >= 15 is 0 Å². The van der Waals surface area contributed by atoms with E-state index in [1.807, 2.05) is 32.0 Å². The molecular weight excluding hydrogens is 380 g/mol. The first-order valence-corrected chi connectivity index (χ1v) is 11.3. The third-order valence-corrected chi connectivity index (χ3v) is 6.41. The molecule has 9 heteroatoms. The Hall–Kier alpha value is -2.13. The smallest absolute Gasteiger partial charge is 0.319 e. The fraction of sp³-hybridized carbons (Fsp3) is 0.579. The first kappa shape index (κ1) is 22.2. The third-order valence-electron chi connectivity index (χ3n) is 5.06. The largest absolute Gasteiger partial charge is 0.341 e. The first-order chi connectivity index (χ1) is 13.1. The van der Waals surface area contributed by atoms with E-state index in [1.54, 1.807) is 24.1 Å². The van der Waals surface area contributed by atoms with Crippen molar-refractivity contribution in [2.45, 2.75) is 38.8 Å². The Bertz CT molecular complexity index is 774. The molecule has 1 unspecified atom stereocenters. The van der Waals surface area contributed by atoms with Gasteiger partial charge in [0.25, 0.3) is 0 Å². The number of rotatable bonds is 6. The number of sulfonamides is 1. The number of amides is 3. The molecule has 3 amide bonds. The van der Waals surface area contributed by atoms with Crippen LogP contribution < -0.4 is 10.6 Å². The lowest BCUT2D eigenvalue weighted by Crippen LogP contribution is -2.55. The van der Waals surface area contributed by atoms with Crippen molar-refractivity contribution in [3.63, 3.8) is 0 Å².